The van der Waals surface area contributed by atoms with Crippen LogP contribution in [-0.4, -0.2) is 17.5 Å². The molecule has 1 aromatic carbocycles. The lowest BCUT2D eigenvalue weighted by atomic mass is 9.90. The molecule has 0 unspecified atom stereocenters. The van der Waals surface area contributed by atoms with E-state index in [1.165, 1.54) is 27.3 Å². The molecule has 1 amide bonds. The van der Waals surface area contributed by atoms with Gasteiger partial charge >= 0.3 is 0 Å². The molecule has 0 atom stereocenters. The predicted octanol–water partition coefficient (Wildman–Crippen LogP) is 6.92. The molecule has 33 heavy (non-hydrogen) atoms. The van der Waals surface area contributed by atoms with Crippen molar-refractivity contribution in [2.45, 2.75) is 45.4 Å². The van der Waals surface area contributed by atoms with Crippen molar-refractivity contribution in [3.05, 3.63) is 57.9 Å². The summed E-state index contributed by atoms with van der Waals surface area (Å²) in [4.78, 5) is 20.7. The molecule has 5 rings (SSSR count). The van der Waals surface area contributed by atoms with Crippen molar-refractivity contribution in [1.82, 2.24) is 4.98 Å². The molecule has 3 N–H and O–H groups in total. The molecule has 7 heteroatoms. The first-order valence-corrected chi connectivity index (χ1v) is 13.2. The first kappa shape index (κ1) is 21.9. The van der Waals surface area contributed by atoms with Crippen molar-refractivity contribution in [3.63, 3.8) is 0 Å². The zero-order chi connectivity index (χ0) is 22.8. The normalized spacial score (nSPS) is 13.1. The number of hydrogen-bond acceptors (Lipinski definition) is 6. The van der Waals surface area contributed by atoms with Crippen LogP contribution in [0.1, 0.15) is 53.5 Å². The van der Waals surface area contributed by atoms with Crippen LogP contribution in [0.25, 0.3) is 20.7 Å². The number of rotatable bonds is 7. The highest BCUT2D eigenvalue weighted by molar-refractivity contribution is 7.21. The molecule has 0 saturated heterocycles. The van der Waals surface area contributed by atoms with E-state index in [2.05, 4.69) is 29.8 Å². The Morgan fingerprint density at radius 1 is 1.21 bits per heavy atom. The third-order valence-electron chi connectivity index (χ3n) is 5.99. The van der Waals surface area contributed by atoms with E-state index in [4.69, 9.17) is 15.5 Å². The molecule has 0 aliphatic heterocycles. The third-order valence-corrected chi connectivity index (χ3v) is 7.97. The lowest BCUT2D eigenvalue weighted by Crippen LogP contribution is -2.12. The molecule has 0 bridgehead atoms. The second-order valence-electron chi connectivity index (χ2n) is 8.31. The van der Waals surface area contributed by atoms with Crippen molar-refractivity contribution in [2.75, 3.05) is 17.7 Å². The molecule has 0 radical (unpaired) electrons. The smallest absolute Gasteiger partial charge is 0.267 e. The summed E-state index contributed by atoms with van der Waals surface area (Å²) >= 11 is 3.09. The average molecular weight is 478 g/mol. The Hall–Kier alpha value is -2.90. The predicted molar refractivity (Wildman–Crippen MR) is 139 cm³/mol. The zero-order valence-electron chi connectivity index (χ0n) is 18.6. The number of fused-ring (bicyclic) bond motifs is 2. The van der Waals surface area contributed by atoms with Gasteiger partial charge in [0.05, 0.1) is 12.3 Å². The van der Waals surface area contributed by atoms with E-state index in [1.807, 2.05) is 24.3 Å². The van der Waals surface area contributed by atoms with E-state index in [0.717, 1.165) is 60.2 Å². The lowest BCUT2D eigenvalue weighted by Gasteiger charge is -2.19. The SMILES string of the molecule is CCCCOc1cccc(NC(=O)c2sc3nc4c(c(-c5cccs5)c3c2N)CCCC4)c1. The Morgan fingerprint density at radius 2 is 2.09 bits per heavy atom. The van der Waals surface area contributed by atoms with Crippen LogP contribution in [0.5, 0.6) is 5.75 Å². The van der Waals surface area contributed by atoms with Gasteiger partial charge in [0.25, 0.3) is 5.91 Å². The number of pyridine rings is 1. The van der Waals surface area contributed by atoms with E-state index in [0.29, 0.717) is 22.9 Å². The number of hydrogen-bond donors (Lipinski definition) is 2. The molecule has 0 saturated carbocycles. The summed E-state index contributed by atoms with van der Waals surface area (Å²) in [5.74, 6) is 0.538. The largest absolute Gasteiger partial charge is 0.494 e. The number of benzene rings is 1. The van der Waals surface area contributed by atoms with Crippen molar-refractivity contribution in [1.29, 1.82) is 0 Å². The minimum absolute atomic E-state index is 0.212. The summed E-state index contributed by atoms with van der Waals surface area (Å²) in [6.45, 7) is 2.80. The van der Waals surface area contributed by atoms with Gasteiger partial charge in [-0.2, -0.15) is 0 Å². The first-order chi connectivity index (χ1) is 16.2. The summed E-state index contributed by atoms with van der Waals surface area (Å²) in [5, 5.41) is 6.01. The molecule has 170 valence electrons. The number of unbranched alkanes of at least 4 members (excludes halogenated alkanes) is 1. The lowest BCUT2D eigenvalue weighted by molar-refractivity contribution is 0.103. The highest BCUT2D eigenvalue weighted by Gasteiger charge is 2.26. The van der Waals surface area contributed by atoms with Crippen LogP contribution < -0.4 is 15.8 Å². The Balaban J connectivity index is 1.51. The van der Waals surface area contributed by atoms with E-state index >= 15 is 0 Å². The van der Waals surface area contributed by atoms with Crippen LogP contribution >= 0.6 is 22.7 Å². The minimum atomic E-state index is -0.212. The summed E-state index contributed by atoms with van der Waals surface area (Å²) in [6.07, 6.45) is 6.37. The molecule has 3 aromatic heterocycles. The fourth-order valence-corrected chi connectivity index (χ4v) is 6.18. The number of anilines is 2. The fourth-order valence-electron chi connectivity index (χ4n) is 4.35. The van der Waals surface area contributed by atoms with Crippen molar-refractivity contribution >= 4 is 50.2 Å². The number of carbonyl (C=O) groups excluding carboxylic acids is 1. The molecule has 3 heterocycles. The second-order valence-corrected chi connectivity index (χ2v) is 10.3. The van der Waals surface area contributed by atoms with Gasteiger partial charge in [0.2, 0.25) is 0 Å². The molecule has 4 aromatic rings. The Bertz CT molecular complexity index is 1290. The Morgan fingerprint density at radius 3 is 2.91 bits per heavy atom. The number of carbonyl (C=O) groups is 1. The molecule has 1 aliphatic rings. The summed E-state index contributed by atoms with van der Waals surface area (Å²) in [7, 11) is 0. The number of nitrogen functional groups attached to an aromatic ring is 1. The van der Waals surface area contributed by atoms with Gasteiger partial charge in [-0.15, -0.1) is 22.7 Å². The van der Waals surface area contributed by atoms with Gasteiger partial charge in [0.1, 0.15) is 15.5 Å². The molecular formula is C26H27N3O2S2. The molecule has 0 spiro atoms. The zero-order valence-corrected chi connectivity index (χ0v) is 20.3. The summed E-state index contributed by atoms with van der Waals surface area (Å²) in [5.41, 5.74) is 11.5. The third kappa shape index (κ3) is 4.35. The maximum atomic E-state index is 13.2. The average Bonchev–Trinajstić information content (AvgIpc) is 3.47. The highest BCUT2D eigenvalue weighted by atomic mass is 32.1. The van der Waals surface area contributed by atoms with Crippen molar-refractivity contribution in [3.8, 4) is 16.2 Å². The molecular weight excluding hydrogens is 450 g/mol. The number of thiophene rings is 2. The number of amides is 1. The number of ether oxygens (including phenoxy) is 1. The van der Waals surface area contributed by atoms with E-state index in [1.54, 1.807) is 11.3 Å². The van der Waals surface area contributed by atoms with Crippen molar-refractivity contribution < 1.29 is 9.53 Å². The van der Waals surface area contributed by atoms with Crippen LogP contribution in [0.3, 0.4) is 0 Å². The van der Waals surface area contributed by atoms with Gasteiger partial charge < -0.3 is 15.8 Å². The fraction of sp³-hybridized carbons (Fsp3) is 0.308. The number of nitrogens with zero attached hydrogens (tertiary/aromatic N) is 1. The highest BCUT2D eigenvalue weighted by Crippen LogP contribution is 2.45. The first-order valence-electron chi connectivity index (χ1n) is 11.5. The maximum Gasteiger partial charge on any atom is 0.267 e. The van der Waals surface area contributed by atoms with Crippen LogP contribution in [0.15, 0.2) is 41.8 Å². The number of aryl methyl sites for hydroxylation is 1. The van der Waals surface area contributed by atoms with E-state index < -0.39 is 0 Å². The second kappa shape index (κ2) is 9.53. The Labute approximate surface area is 201 Å². The van der Waals surface area contributed by atoms with Crippen molar-refractivity contribution in [2.24, 2.45) is 0 Å². The quantitative estimate of drug-likeness (QED) is 0.283. The molecule has 5 nitrogen and oxygen atoms in total. The summed E-state index contributed by atoms with van der Waals surface area (Å²) < 4.78 is 5.78. The topological polar surface area (TPSA) is 77.2 Å². The monoisotopic (exact) mass is 477 g/mol. The van der Waals surface area contributed by atoms with Crippen LogP contribution in [0, 0.1) is 0 Å². The van der Waals surface area contributed by atoms with Gasteiger partial charge in [-0.3, -0.25) is 4.79 Å². The standard InChI is InChI=1S/C26H27N3O2S2/c1-2-3-13-31-17-9-6-8-16(15-17)28-25(30)24-23(27)22-21(20-12-7-14-32-20)18-10-4-5-11-19(18)29-26(22)33-24/h6-9,12,14-15H,2-5,10-11,13,27H2,1H3,(H,28,30). The number of nitrogens with one attached hydrogen (secondary N) is 1. The molecule has 0 fully saturated rings. The van der Waals surface area contributed by atoms with Crippen LogP contribution in [0.2, 0.25) is 0 Å². The van der Waals surface area contributed by atoms with Gasteiger partial charge in [0.15, 0.2) is 0 Å². The van der Waals surface area contributed by atoms with E-state index in [9.17, 15) is 4.79 Å². The minimum Gasteiger partial charge on any atom is -0.494 e. The summed E-state index contributed by atoms with van der Waals surface area (Å²) in [6, 6.07) is 11.7. The number of nitrogens with two attached hydrogens (primary N) is 1. The van der Waals surface area contributed by atoms with Gasteiger partial charge in [-0.25, -0.2) is 4.98 Å². The van der Waals surface area contributed by atoms with Gasteiger partial charge in [-0.1, -0.05) is 25.5 Å². The van der Waals surface area contributed by atoms with Gasteiger partial charge in [0, 0.05) is 33.3 Å². The Kier molecular flexibility index (Phi) is 6.33. The maximum absolute atomic E-state index is 13.2. The van der Waals surface area contributed by atoms with Gasteiger partial charge in [-0.05, 0) is 61.2 Å². The van der Waals surface area contributed by atoms with Crippen LogP contribution in [0.4, 0.5) is 11.4 Å². The van der Waals surface area contributed by atoms with Crippen LogP contribution in [-0.2, 0) is 12.8 Å². The van der Waals surface area contributed by atoms with E-state index in [-0.39, 0.29) is 5.91 Å². The molecule has 1 aliphatic carbocycles. The number of aromatic nitrogens is 1.